The van der Waals surface area contributed by atoms with Gasteiger partial charge in [0, 0.05) is 11.5 Å². The Balaban J connectivity index is 2.64. The highest BCUT2D eigenvalue weighted by Crippen LogP contribution is 2.15. The van der Waals surface area contributed by atoms with E-state index in [9.17, 15) is 0 Å². The first-order chi connectivity index (χ1) is 6.76. The van der Waals surface area contributed by atoms with Crippen LogP contribution in [-0.4, -0.2) is 18.8 Å². The average Bonchev–Trinajstić information content (AvgIpc) is 2.19. The second-order valence-corrected chi connectivity index (χ2v) is 3.34. The van der Waals surface area contributed by atoms with E-state index in [1.54, 1.807) is 13.2 Å². The number of aliphatic hydroxyl groups excluding tert-OH is 1. The van der Waals surface area contributed by atoms with Crippen LogP contribution in [0.25, 0.3) is 0 Å². The molecule has 14 heavy (non-hydrogen) atoms. The molecule has 1 rings (SSSR count). The first-order valence-electron chi connectivity index (χ1n) is 4.34. The maximum atomic E-state index is 8.62. The molecule has 1 N–H and O–H groups in total. The van der Waals surface area contributed by atoms with Crippen molar-refractivity contribution >= 4 is 11.6 Å². The lowest BCUT2D eigenvalue weighted by atomic mass is 10.1. The van der Waals surface area contributed by atoms with Crippen LogP contribution in [0.5, 0.6) is 5.75 Å². The summed E-state index contributed by atoms with van der Waals surface area (Å²) in [5.74, 6) is 0.830. The van der Waals surface area contributed by atoms with Gasteiger partial charge in [0.25, 0.3) is 0 Å². The highest BCUT2D eigenvalue weighted by atomic mass is 35.5. The third-order valence-corrected chi connectivity index (χ3v) is 2.13. The van der Waals surface area contributed by atoms with E-state index in [4.69, 9.17) is 21.4 Å². The molecule has 1 aromatic rings. The largest absolute Gasteiger partial charge is 0.497 e. The van der Waals surface area contributed by atoms with Gasteiger partial charge in [-0.05, 0) is 23.8 Å². The fourth-order valence-electron chi connectivity index (χ4n) is 1.11. The quantitative estimate of drug-likeness (QED) is 0.830. The van der Waals surface area contributed by atoms with Gasteiger partial charge < -0.3 is 9.84 Å². The van der Waals surface area contributed by atoms with E-state index in [1.807, 2.05) is 24.3 Å². The van der Waals surface area contributed by atoms with Crippen molar-refractivity contribution in [3.63, 3.8) is 0 Å². The summed E-state index contributed by atoms with van der Waals surface area (Å²) in [6.45, 7) is -0.0189. The Bertz CT molecular complexity index is 304. The summed E-state index contributed by atoms with van der Waals surface area (Å²) in [5.41, 5.74) is 1.10. The van der Waals surface area contributed by atoms with Crippen molar-refractivity contribution in [3.05, 3.63) is 40.9 Å². The Morgan fingerprint density at radius 2 is 2.07 bits per heavy atom. The Hall–Kier alpha value is -0.990. The molecule has 0 unspecified atom stereocenters. The van der Waals surface area contributed by atoms with E-state index >= 15 is 0 Å². The van der Waals surface area contributed by atoms with Crippen molar-refractivity contribution < 1.29 is 9.84 Å². The van der Waals surface area contributed by atoms with Gasteiger partial charge in [0.15, 0.2) is 0 Å². The van der Waals surface area contributed by atoms with Crippen molar-refractivity contribution in [1.29, 1.82) is 0 Å². The van der Waals surface area contributed by atoms with Crippen LogP contribution in [0.2, 0.25) is 0 Å². The molecule has 0 fully saturated rings. The van der Waals surface area contributed by atoms with Gasteiger partial charge in [-0.3, -0.25) is 0 Å². The smallest absolute Gasteiger partial charge is 0.118 e. The molecule has 0 aliphatic heterocycles. The summed E-state index contributed by atoms with van der Waals surface area (Å²) in [6.07, 6.45) is 2.23. The molecule has 0 saturated heterocycles. The van der Waals surface area contributed by atoms with Crippen LogP contribution in [0.4, 0.5) is 0 Å². The first-order valence-corrected chi connectivity index (χ1v) is 4.72. The molecule has 0 amide bonds. The lowest BCUT2D eigenvalue weighted by Gasteiger charge is -2.02. The maximum absolute atomic E-state index is 8.62. The predicted octanol–water partition coefficient (Wildman–Crippen LogP) is 2.35. The summed E-state index contributed by atoms with van der Waals surface area (Å²) >= 11 is 5.86. The van der Waals surface area contributed by atoms with E-state index in [-0.39, 0.29) is 6.61 Å². The Kier molecular flexibility index (Phi) is 4.50. The van der Waals surface area contributed by atoms with Crippen molar-refractivity contribution in [2.24, 2.45) is 0 Å². The van der Waals surface area contributed by atoms with Crippen molar-refractivity contribution in [2.75, 3.05) is 13.7 Å². The van der Waals surface area contributed by atoms with Crippen molar-refractivity contribution in [3.8, 4) is 5.75 Å². The van der Waals surface area contributed by atoms with Crippen LogP contribution in [-0.2, 0) is 6.42 Å². The Morgan fingerprint density at radius 3 is 2.57 bits per heavy atom. The van der Waals surface area contributed by atoms with Gasteiger partial charge in [-0.1, -0.05) is 23.7 Å². The molecule has 0 aliphatic carbocycles. The molecule has 0 atom stereocenters. The van der Waals surface area contributed by atoms with Crippen LogP contribution in [0.3, 0.4) is 0 Å². The maximum Gasteiger partial charge on any atom is 0.118 e. The number of ether oxygens (including phenoxy) is 1. The van der Waals surface area contributed by atoms with Crippen LogP contribution in [0.15, 0.2) is 35.4 Å². The second kappa shape index (κ2) is 5.68. The van der Waals surface area contributed by atoms with Gasteiger partial charge in [0.2, 0.25) is 0 Å². The van der Waals surface area contributed by atoms with Gasteiger partial charge >= 0.3 is 0 Å². The monoisotopic (exact) mass is 212 g/mol. The normalized spacial score (nSPS) is 11.5. The first kappa shape index (κ1) is 11.1. The summed E-state index contributed by atoms with van der Waals surface area (Å²) in [6, 6.07) is 7.68. The molecular weight excluding hydrogens is 200 g/mol. The van der Waals surface area contributed by atoms with E-state index in [2.05, 4.69) is 0 Å². The minimum Gasteiger partial charge on any atom is -0.497 e. The number of halogens is 1. The van der Waals surface area contributed by atoms with Crippen LogP contribution < -0.4 is 4.74 Å². The van der Waals surface area contributed by atoms with Gasteiger partial charge in [0.05, 0.1) is 13.7 Å². The molecule has 2 nitrogen and oxygen atoms in total. The van der Waals surface area contributed by atoms with E-state index in [0.717, 1.165) is 11.3 Å². The molecule has 0 saturated carbocycles. The lowest BCUT2D eigenvalue weighted by Crippen LogP contribution is -1.88. The number of allylic oxidation sites excluding steroid dienone is 1. The molecule has 0 bridgehead atoms. The van der Waals surface area contributed by atoms with Crippen molar-refractivity contribution in [1.82, 2.24) is 0 Å². The second-order valence-electron chi connectivity index (χ2n) is 2.86. The fourth-order valence-corrected chi connectivity index (χ4v) is 1.33. The third kappa shape index (κ3) is 3.40. The van der Waals surface area contributed by atoms with Gasteiger partial charge in [-0.25, -0.2) is 0 Å². The van der Waals surface area contributed by atoms with E-state index in [1.165, 1.54) is 0 Å². The highest BCUT2D eigenvalue weighted by Gasteiger charge is 1.96. The van der Waals surface area contributed by atoms with E-state index < -0.39 is 0 Å². The summed E-state index contributed by atoms with van der Waals surface area (Å²) in [7, 11) is 1.63. The molecule has 0 spiro atoms. The zero-order valence-corrected chi connectivity index (χ0v) is 8.79. The molecule has 0 aliphatic rings. The van der Waals surface area contributed by atoms with Crippen LogP contribution >= 0.6 is 11.6 Å². The molecule has 1 aromatic carbocycles. The molecule has 0 aromatic heterocycles. The number of hydrogen-bond acceptors (Lipinski definition) is 2. The third-order valence-electron chi connectivity index (χ3n) is 1.84. The van der Waals surface area contributed by atoms with E-state index in [0.29, 0.717) is 11.5 Å². The standard InChI is InChI=1S/C11H13ClO2/c1-14-11-4-2-9(3-5-11)8-10(12)6-7-13/h2-6,13H,7-8H2,1H3/b10-6-. The number of methoxy groups -OCH3 is 1. The number of hydrogen-bond donors (Lipinski definition) is 1. The number of rotatable bonds is 4. The minimum atomic E-state index is -0.0189. The molecule has 76 valence electrons. The zero-order valence-electron chi connectivity index (χ0n) is 8.03. The summed E-state index contributed by atoms with van der Waals surface area (Å²) < 4.78 is 5.03. The van der Waals surface area contributed by atoms with Crippen molar-refractivity contribution in [2.45, 2.75) is 6.42 Å². The van der Waals surface area contributed by atoms with Crippen LogP contribution in [0.1, 0.15) is 5.56 Å². The average molecular weight is 213 g/mol. The Labute approximate surface area is 88.8 Å². The Morgan fingerprint density at radius 1 is 1.43 bits per heavy atom. The molecule has 3 heteroatoms. The van der Waals surface area contributed by atoms with Gasteiger partial charge in [-0.15, -0.1) is 0 Å². The molecular formula is C11H13ClO2. The lowest BCUT2D eigenvalue weighted by molar-refractivity contribution is 0.342. The predicted molar refractivity (Wildman–Crippen MR) is 57.7 cm³/mol. The summed E-state index contributed by atoms with van der Waals surface area (Å²) in [4.78, 5) is 0. The minimum absolute atomic E-state index is 0.0189. The topological polar surface area (TPSA) is 29.5 Å². The number of benzene rings is 1. The SMILES string of the molecule is COc1ccc(C/C(Cl)=C/CO)cc1. The fraction of sp³-hybridized carbons (Fsp3) is 0.273. The summed E-state index contributed by atoms with van der Waals surface area (Å²) in [5, 5.41) is 9.27. The zero-order chi connectivity index (χ0) is 10.4. The molecule has 0 heterocycles. The van der Waals surface area contributed by atoms with Crippen LogP contribution in [0, 0.1) is 0 Å². The molecule has 0 radical (unpaired) electrons. The number of aliphatic hydroxyl groups is 1. The van der Waals surface area contributed by atoms with Gasteiger partial charge in [-0.2, -0.15) is 0 Å². The highest BCUT2D eigenvalue weighted by molar-refractivity contribution is 6.29. The van der Waals surface area contributed by atoms with Gasteiger partial charge in [0.1, 0.15) is 5.75 Å².